The summed E-state index contributed by atoms with van der Waals surface area (Å²) in [6.45, 7) is 2.20. The SMILES string of the molecule is CCCCc1ccc(NC(=O)c2csc3c2CCCC3)cc1. The maximum Gasteiger partial charge on any atom is 0.256 e. The highest BCUT2D eigenvalue weighted by Crippen LogP contribution is 2.30. The number of benzene rings is 1. The average molecular weight is 313 g/mol. The quantitative estimate of drug-likeness (QED) is 0.805. The largest absolute Gasteiger partial charge is 0.322 e. The molecule has 0 spiro atoms. The molecular formula is C19H23NOS. The highest BCUT2D eigenvalue weighted by atomic mass is 32.1. The molecule has 3 heteroatoms. The topological polar surface area (TPSA) is 29.1 Å². The van der Waals surface area contributed by atoms with Crippen LogP contribution >= 0.6 is 11.3 Å². The Morgan fingerprint density at radius 1 is 1.18 bits per heavy atom. The van der Waals surface area contributed by atoms with Crippen molar-refractivity contribution in [3.63, 3.8) is 0 Å². The summed E-state index contributed by atoms with van der Waals surface area (Å²) in [7, 11) is 0. The van der Waals surface area contributed by atoms with Crippen LogP contribution in [0.5, 0.6) is 0 Å². The third-order valence-corrected chi connectivity index (χ3v) is 5.43. The van der Waals surface area contributed by atoms with Crippen LogP contribution in [0.25, 0.3) is 0 Å². The highest BCUT2D eigenvalue weighted by molar-refractivity contribution is 7.10. The second-order valence-corrected chi connectivity index (χ2v) is 6.98. The van der Waals surface area contributed by atoms with E-state index in [1.165, 1.54) is 41.7 Å². The van der Waals surface area contributed by atoms with E-state index in [1.807, 2.05) is 17.5 Å². The summed E-state index contributed by atoms with van der Waals surface area (Å²) in [6, 6.07) is 8.27. The Morgan fingerprint density at radius 2 is 1.95 bits per heavy atom. The lowest BCUT2D eigenvalue weighted by atomic mass is 9.95. The Hall–Kier alpha value is -1.61. The number of anilines is 1. The molecule has 1 aromatic heterocycles. The molecule has 0 fully saturated rings. The van der Waals surface area contributed by atoms with Gasteiger partial charge in [-0.15, -0.1) is 11.3 Å². The first-order valence-corrected chi connectivity index (χ1v) is 9.15. The predicted molar refractivity (Wildman–Crippen MR) is 94.0 cm³/mol. The number of fused-ring (bicyclic) bond motifs is 1. The molecule has 0 aliphatic heterocycles. The van der Waals surface area contributed by atoms with Gasteiger partial charge in [-0.1, -0.05) is 25.5 Å². The summed E-state index contributed by atoms with van der Waals surface area (Å²) in [5, 5.41) is 5.07. The van der Waals surface area contributed by atoms with Crippen molar-refractivity contribution >= 4 is 22.9 Å². The zero-order chi connectivity index (χ0) is 15.4. The van der Waals surface area contributed by atoms with Gasteiger partial charge in [0.05, 0.1) is 5.56 Å². The molecular weight excluding hydrogens is 290 g/mol. The van der Waals surface area contributed by atoms with Crippen LogP contribution in [0.15, 0.2) is 29.6 Å². The molecule has 116 valence electrons. The normalized spacial score (nSPS) is 13.7. The van der Waals surface area contributed by atoms with Crippen LogP contribution in [-0.2, 0) is 19.3 Å². The Morgan fingerprint density at radius 3 is 2.73 bits per heavy atom. The van der Waals surface area contributed by atoms with E-state index in [4.69, 9.17) is 0 Å². The molecule has 1 heterocycles. The molecule has 2 nitrogen and oxygen atoms in total. The molecule has 1 N–H and O–H groups in total. The van der Waals surface area contributed by atoms with Gasteiger partial charge in [-0.25, -0.2) is 0 Å². The third kappa shape index (κ3) is 3.41. The molecule has 0 saturated heterocycles. The Kier molecular flexibility index (Phi) is 4.94. The molecule has 3 rings (SSSR count). The smallest absolute Gasteiger partial charge is 0.256 e. The average Bonchev–Trinajstić information content (AvgIpc) is 2.98. The summed E-state index contributed by atoms with van der Waals surface area (Å²) >= 11 is 1.74. The molecule has 1 aliphatic rings. The van der Waals surface area contributed by atoms with Crippen molar-refractivity contribution in [3.8, 4) is 0 Å². The van der Waals surface area contributed by atoms with Crippen LogP contribution < -0.4 is 5.32 Å². The first-order chi connectivity index (χ1) is 10.8. The molecule has 0 unspecified atom stereocenters. The van der Waals surface area contributed by atoms with Crippen molar-refractivity contribution in [2.24, 2.45) is 0 Å². The molecule has 0 atom stereocenters. The van der Waals surface area contributed by atoms with Crippen molar-refractivity contribution in [2.45, 2.75) is 51.9 Å². The standard InChI is InChI=1S/C19H23NOS/c1-2-3-6-14-9-11-15(12-10-14)20-19(21)17-13-22-18-8-5-4-7-16(17)18/h9-13H,2-8H2,1H3,(H,20,21). The van der Waals surface area contributed by atoms with Crippen molar-refractivity contribution in [1.82, 2.24) is 0 Å². The van der Waals surface area contributed by atoms with Gasteiger partial charge in [-0.3, -0.25) is 4.79 Å². The van der Waals surface area contributed by atoms with Crippen molar-refractivity contribution in [1.29, 1.82) is 0 Å². The van der Waals surface area contributed by atoms with Gasteiger partial charge in [0, 0.05) is 15.9 Å². The number of carbonyl (C=O) groups is 1. The van der Waals surface area contributed by atoms with Gasteiger partial charge in [0.2, 0.25) is 0 Å². The van der Waals surface area contributed by atoms with Gasteiger partial charge in [0.15, 0.2) is 0 Å². The number of hydrogen-bond donors (Lipinski definition) is 1. The number of nitrogens with one attached hydrogen (secondary N) is 1. The van der Waals surface area contributed by atoms with Crippen LogP contribution in [-0.4, -0.2) is 5.91 Å². The minimum Gasteiger partial charge on any atom is -0.322 e. The Bertz CT molecular complexity index is 642. The highest BCUT2D eigenvalue weighted by Gasteiger charge is 2.20. The van der Waals surface area contributed by atoms with E-state index >= 15 is 0 Å². The molecule has 0 saturated carbocycles. The van der Waals surface area contributed by atoms with E-state index in [0.717, 1.165) is 30.5 Å². The van der Waals surface area contributed by atoms with E-state index in [1.54, 1.807) is 11.3 Å². The summed E-state index contributed by atoms with van der Waals surface area (Å²) < 4.78 is 0. The van der Waals surface area contributed by atoms with Crippen LogP contribution in [0.3, 0.4) is 0 Å². The Labute approximate surface area is 136 Å². The van der Waals surface area contributed by atoms with Crippen LogP contribution in [0.2, 0.25) is 0 Å². The molecule has 1 aromatic carbocycles. The summed E-state index contributed by atoms with van der Waals surface area (Å²) in [5.41, 5.74) is 4.40. The lowest BCUT2D eigenvalue weighted by Crippen LogP contribution is -2.14. The number of rotatable bonds is 5. The monoisotopic (exact) mass is 313 g/mol. The Balaban J connectivity index is 1.67. The maximum absolute atomic E-state index is 12.5. The number of aryl methyl sites for hydroxylation is 2. The van der Waals surface area contributed by atoms with E-state index in [9.17, 15) is 4.79 Å². The van der Waals surface area contributed by atoms with E-state index in [-0.39, 0.29) is 5.91 Å². The first-order valence-electron chi connectivity index (χ1n) is 8.27. The zero-order valence-electron chi connectivity index (χ0n) is 13.2. The third-order valence-electron chi connectivity index (χ3n) is 4.34. The van der Waals surface area contributed by atoms with Gasteiger partial charge in [0.1, 0.15) is 0 Å². The lowest BCUT2D eigenvalue weighted by molar-refractivity contribution is 0.102. The molecule has 1 amide bonds. The fourth-order valence-electron chi connectivity index (χ4n) is 3.02. The predicted octanol–water partition coefficient (Wildman–Crippen LogP) is 5.22. The number of thiophene rings is 1. The van der Waals surface area contributed by atoms with Crippen LogP contribution in [0.1, 0.15) is 59.0 Å². The number of unbranched alkanes of at least 4 members (excludes halogenated alkanes) is 1. The van der Waals surface area contributed by atoms with Crippen LogP contribution in [0.4, 0.5) is 5.69 Å². The van der Waals surface area contributed by atoms with Gasteiger partial charge in [-0.05, 0) is 61.8 Å². The minimum absolute atomic E-state index is 0.0423. The summed E-state index contributed by atoms with van der Waals surface area (Å²) in [4.78, 5) is 13.9. The molecule has 22 heavy (non-hydrogen) atoms. The first kappa shape index (κ1) is 15.3. The molecule has 2 aromatic rings. The number of carbonyl (C=O) groups excluding carboxylic acids is 1. The summed E-state index contributed by atoms with van der Waals surface area (Å²) in [6.07, 6.45) is 8.19. The van der Waals surface area contributed by atoms with Crippen molar-refractivity contribution in [2.75, 3.05) is 5.32 Å². The van der Waals surface area contributed by atoms with Gasteiger partial charge in [0.25, 0.3) is 5.91 Å². The maximum atomic E-state index is 12.5. The van der Waals surface area contributed by atoms with Crippen molar-refractivity contribution in [3.05, 3.63) is 51.2 Å². The van der Waals surface area contributed by atoms with Gasteiger partial charge in [-0.2, -0.15) is 0 Å². The number of hydrogen-bond acceptors (Lipinski definition) is 2. The zero-order valence-corrected chi connectivity index (χ0v) is 14.0. The van der Waals surface area contributed by atoms with E-state index in [2.05, 4.69) is 24.4 Å². The second kappa shape index (κ2) is 7.10. The second-order valence-electron chi connectivity index (χ2n) is 6.01. The van der Waals surface area contributed by atoms with Gasteiger partial charge < -0.3 is 5.32 Å². The molecule has 0 bridgehead atoms. The molecule has 0 radical (unpaired) electrons. The van der Waals surface area contributed by atoms with E-state index < -0.39 is 0 Å². The van der Waals surface area contributed by atoms with Crippen LogP contribution in [0, 0.1) is 0 Å². The molecule has 1 aliphatic carbocycles. The lowest BCUT2D eigenvalue weighted by Gasteiger charge is -2.13. The van der Waals surface area contributed by atoms with Gasteiger partial charge >= 0.3 is 0 Å². The fraction of sp³-hybridized carbons (Fsp3) is 0.421. The number of amides is 1. The van der Waals surface area contributed by atoms with Crippen molar-refractivity contribution < 1.29 is 4.79 Å². The fourth-order valence-corrected chi connectivity index (χ4v) is 4.14. The van der Waals surface area contributed by atoms with E-state index in [0.29, 0.717) is 0 Å². The summed E-state index contributed by atoms with van der Waals surface area (Å²) in [5.74, 6) is 0.0423. The minimum atomic E-state index is 0.0423.